The standard InChI is InChI=1S/C29H35ClN4O/c1-5-6-7-20(2)33-14-16-34(17-15-33)21(3)23-10-13-25-26(30)19-27(32-28(25)18-23)22-8-11-24(12-9-22)29(4,31)35/h8-13,18-19,35H,2-3,5-7,14-17,31H2,1,4H3. The zero-order valence-corrected chi connectivity index (χ0v) is 21.5. The van der Waals surface area contributed by atoms with Crippen molar-refractivity contribution in [2.75, 3.05) is 26.2 Å². The first-order chi connectivity index (χ1) is 16.7. The molecule has 1 unspecified atom stereocenters. The Balaban J connectivity index is 1.53. The fraction of sp³-hybridized carbons (Fsp3) is 0.345. The Morgan fingerprint density at radius 3 is 2.34 bits per heavy atom. The van der Waals surface area contributed by atoms with E-state index in [1.54, 1.807) is 6.92 Å². The van der Waals surface area contributed by atoms with Crippen LogP contribution in [0.5, 0.6) is 0 Å². The van der Waals surface area contributed by atoms with Gasteiger partial charge in [-0.1, -0.05) is 74.5 Å². The average molecular weight is 491 g/mol. The van der Waals surface area contributed by atoms with Crippen molar-refractivity contribution in [2.45, 2.75) is 38.8 Å². The Hall–Kier alpha value is -2.86. The molecule has 3 aromatic rings. The molecule has 0 spiro atoms. The molecular weight excluding hydrogens is 456 g/mol. The average Bonchev–Trinajstić information content (AvgIpc) is 2.86. The summed E-state index contributed by atoms with van der Waals surface area (Å²) in [6, 6.07) is 15.5. The van der Waals surface area contributed by atoms with Gasteiger partial charge in [0.2, 0.25) is 0 Å². The van der Waals surface area contributed by atoms with Crippen molar-refractivity contribution >= 4 is 28.2 Å². The summed E-state index contributed by atoms with van der Waals surface area (Å²) in [5.41, 5.74) is 10.9. The molecule has 0 bridgehead atoms. The number of aliphatic hydroxyl groups is 1. The Bertz CT molecular complexity index is 1220. The van der Waals surface area contributed by atoms with E-state index in [1.165, 1.54) is 18.5 Å². The maximum Gasteiger partial charge on any atom is 0.136 e. The van der Waals surface area contributed by atoms with Gasteiger partial charge in [0.05, 0.1) is 16.2 Å². The van der Waals surface area contributed by atoms with Crippen molar-refractivity contribution in [2.24, 2.45) is 5.73 Å². The predicted octanol–water partition coefficient (Wildman–Crippen LogP) is 5.97. The summed E-state index contributed by atoms with van der Waals surface area (Å²) in [5.74, 6) is 0. The maximum absolute atomic E-state index is 10.0. The van der Waals surface area contributed by atoms with Gasteiger partial charge in [0.1, 0.15) is 5.72 Å². The third kappa shape index (κ3) is 5.69. The van der Waals surface area contributed by atoms with Gasteiger partial charge in [0.25, 0.3) is 0 Å². The van der Waals surface area contributed by atoms with Gasteiger partial charge in [-0.2, -0.15) is 0 Å². The van der Waals surface area contributed by atoms with Crippen molar-refractivity contribution < 1.29 is 5.11 Å². The number of fused-ring (bicyclic) bond motifs is 1. The van der Waals surface area contributed by atoms with Gasteiger partial charge in [-0.15, -0.1) is 0 Å². The molecule has 0 radical (unpaired) electrons. The molecule has 184 valence electrons. The number of hydrogen-bond donors (Lipinski definition) is 2. The van der Waals surface area contributed by atoms with Crippen molar-refractivity contribution in [3.63, 3.8) is 0 Å². The number of unbranched alkanes of at least 4 members (excludes halogenated alkanes) is 1. The molecule has 5 nitrogen and oxygen atoms in total. The third-order valence-electron chi connectivity index (χ3n) is 6.79. The lowest BCUT2D eigenvalue weighted by molar-refractivity contribution is 0.0647. The van der Waals surface area contributed by atoms with Gasteiger partial charge in [-0.05, 0) is 43.0 Å². The molecule has 1 aliphatic rings. The van der Waals surface area contributed by atoms with E-state index >= 15 is 0 Å². The number of rotatable bonds is 8. The first-order valence-corrected chi connectivity index (χ1v) is 12.6. The number of benzene rings is 2. The summed E-state index contributed by atoms with van der Waals surface area (Å²) in [7, 11) is 0. The molecule has 0 amide bonds. The lowest BCUT2D eigenvalue weighted by atomic mass is 10.0. The molecule has 1 atom stereocenters. The van der Waals surface area contributed by atoms with E-state index < -0.39 is 5.72 Å². The monoisotopic (exact) mass is 490 g/mol. The predicted molar refractivity (Wildman–Crippen MR) is 147 cm³/mol. The highest BCUT2D eigenvalue weighted by Crippen LogP contribution is 2.31. The van der Waals surface area contributed by atoms with E-state index in [4.69, 9.17) is 22.3 Å². The van der Waals surface area contributed by atoms with E-state index in [0.717, 1.165) is 66.0 Å². The van der Waals surface area contributed by atoms with E-state index in [9.17, 15) is 5.11 Å². The Kier molecular flexibility index (Phi) is 7.50. The molecule has 3 N–H and O–H groups in total. The molecule has 1 aromatic heterocycles. The number of nitrogens with two attached hydrogens (primary N) is 1. The Labute approximate surface area is 213 Å². The Morgan fingerprint density at radius 2 is 1.71 bits per heavy atom. The highest BCUT2D eigenvalue weighted by molar-refractivity contribution is 6.35. The smallest absolute Gasteiger partial charge is 0.136 e. The van der Waals surface area contributed by atoms with Crippen molar-refractivity contribution in [3.05, 3.63) is 83.5 Å². The van der Waals surface area contributed by atoms with E-state index in [1.807, 2.05) is 36.4 Å². The van der Waals surface area contributed by atoms with Gasteiger partial charge in [0.15, 0.2) is 0 Å². The SMILES string of the molecule is C=C(CCCC)N1CCN(C(=C)c2ccc3c(Cl)cc(-c4ccc(C(C)(N)O)cc4)nc3c2)CC1. The highest BCUT2D eigenvalue weighted by atomic mass is 35.5. The number of aromatic nitrogens is 1. The van der Waals surface area contributed by atoms with E-state index in [-0.39, 0.29) is 0 Å². The van der Waals surface area contributed by atoms with Gasteiger partial charge < -0.3 is 20.6 Å². The topological polar surface area (TPSA) is 65.6 Å². The summed E-state index contributed by atoms with van der Waals surface area (Å²) in [6.07, 6.45) is 3.46. The summed E-state index contributed by atoms with van der Waals surface area (Å²) >= 11 is 6.63. The number of hydrogen-bond acceptors (Lipinski definition) is 5. The number of pyridine rings is 1. The zero-order valence-electron chi connectivity index (χ0n) is 20.7. The van der Waals surface area contributed by atoms with Gasteiger partial charge in [-0.3, -0.25) is 0 Å². The van der Waals surface area contributed by atoms with Crippen LogP contribution >= 0.6 is 11.6 Å². The van der Waals surface area contributed by atoms with E-state index in [0.29, 0.717) is 10.6 Å². The summed E-state index contributed by atoms with van der Waals surface area (Å²) in [4.78, 5) is 9.64. The van der Waals surface area contributed by atoms with Crippen LogP contribution in [0.1, 0.15) is 44.2 Å². The van der Waals surface area contributed by atoms with Gasteiger partial charge in [-0.25, -0.2) is 4.98 Å². The molecule has 0 aliphatic carbocycles. The van der Waals surface area contributed by atoms with Crippen LogP contribution in [0, 0.1) is 0 Å². The van der Waals surface area contributed by atoms with Crippen LogP contribution in [0.15, 0.2) is 67.4 Å². The molecule has 2 heterocycles. The second-order valence-electron chi connectivity index (χ2n) is 9.54. The summed E-state index contributed by atoms with van der Waals surface area (Å²) in [6.45, 7) is 16.2. The Morgan fingerprint density at radius 1 is 1.06 bits per heavy atom. The van der Waals surface area contributed by atoms with Crippen molar-refractivity contribution in [1.29, 1.82) is 0 Å². The second-order valence-corrected chi connectivity index (χ2v) is 9.94. The molecule has 0 saturated carbocycles. The summed E-state index contributed by atoms with van der Waals surface area (Å²) in [5, 5.41) is 11.6. The van der Waals surface area contributed by atoms with Crippen LogP contribution in [-0.4, -0.2) is 46.1 Å². The van der Waals surface area contributed by atoms with Crippen LogP contribution in [0.25, 0.3) is 27.9 Å². The minimum atomic E-state index is -1.38. The van der Waals surface area contributed by atoms with Gasteiger partial charge in [0, 0.05) is 48.5 Å². The second kappa shape index (κ2) is 10.4. The van der Waals surface area contributed by atoms with Crippen LogP contribution in [0.4, 0.5) is 0 Å². The van der Waals surface area contributed by atoms with E-state index in [2.05, 4.69) is 42.0 Å². The van der Waals surface area contributed by atoms with Crippen molar-refractivity contribution in [3.8, 4) is 11.3 Å². The minimum Gasteiger partial charge on any atom is -0.372 e. The fourth-order valence-electron chi connectivity index (χ4n) is 4.51. The number of piperazine rings is 1. The molecule has 35 heavy (non-hydrogen) atoms. The molecule has 1 saturated heterocycles. The largest absolute Gasteiger partial charge is 0.372 e. The van der Waals surface area contributed by atoms with Crippen molar-refractivity contribution in [1.82, 2.24) is 14.8 Å². The molecule has 1 aliphatic heterocycles. The molecule has 1 fully saturated rings. The fourth-order valence-corrected chi connectivity index (χ4v) is 4.77. The third-order valence-corrected chi connectivity index (χ3v) is 7.10. The molecule has 6 heteroatoms. The van der Waals surface area contributed by atoms with Crippen LogP contribution in [0.3, 0.4) is 0 Å². The lowest BCUT2D eigenvalue weighted by Gasteiger charge is -2.39. The maximum atomic E-state index is 10.0. The van der Waals surface area contributed by atoms with Gasteiger partial charge >= 0.3 is 0 Å². The molecule has 4 rings (SSSR count). The first-order valence-electron chi connectivity index (χ1n) is 12.3. The lowest BCUT2D eigenvalue weighted by Crippen LogP contribution is -2.44. The van der Waals surface area contributed by atoms with Crippen LogP contribution in [0.2, 0.25) is 5.02 Å². The normalized spacial score (nSPS) is 15.8. The zero-order chi connectivity index (χ0) is 25.2. The first kappa shape index (κ1) is 25.2. The van der Waals surface area contributed by atoms with Crippen LogP contribution < -0.4 is 5.73 Å². The summed E-state index contributed by atoms with van der Waals surface area (Å²) < 4.78 is 0. The number of nitrogens with zero attached hydrogens (tertiary/aromatic N) is 3. The molecule has 2 aromatic carbocycles. The number of allylic oxidation sites excluding steroid dienone is 1. The van der Waals surface area contributed by atoms with Crippen LogP contribution in [-0.2, 0) is 5.72 Å². The minimum absolute atomic E-state index is 0.640. The number of halogens is 1. The molecular formula is C29H35ClN4O. The highest BCUT2D eigenvalue weighted by Gasteiger charge is 2.20. The quantitative estimate of drug-likeness (QED) is 0.381.